The minimum Gasteiger partial charge on any atom is -0.324 e. The Bertz CT molecular complexity index is 639. The summed E-state index contributed by atoms with van der Waals surface area (Å²) in [5.74, 6) is 0. The largest absolute Gasteiger partial charge is 0.324 e. The first-order valence-electron chi connectivity index (χ1n) is 5.06. The van der Waals surface area contributed by atoms with E-state index in [1.165, 1.54) is 10.9 Å². The van der Waals surface area contributed by atoms with Gasteiger partial charge < -0.3 is 4.57 Å². The Balaban J connectivity index is 2.16. The smallest absolute Gasteiger partial charge is 0.261 e. The molecule has 0 saturated heterocycles. The van der Waals surface area contributed by atoms with Gasteiger partial charge in [0, 0.05) is 26.0 Å². The van der Waals surface area contributed by atoms with Gasteiger partial charge in [-0.05, 0) is 17.7 Å². The molecular weight excluding hydrogens is 276 g/mol. The fourth-order valence-corrected chi connectivity index (χ4v) is 2.76. The quantitative estimate of drug-likeness (QED) is 0.908. The molecule has 2 heterocycles. The van der Waals surface area contributed by atoms with Crippen LogP contribution in [0.3, 0.4) is 0 Å². The molecule has 0 fully saturated rings. The Hall–Kier alpha value is -1.44. The van der Waals surface area contributed by atoms with Crippen molar-refractivity contribution in [2.24, 2.45) is 7.05 Å². The van der Waals surface area contributed by atoms with Crippen molar-refractivity contribution in [2.45, 2.75) is 11.6 Å². The van der Waals surface area contributed by atoms with Gasteiger partial charge in [0.2, 0.25) is 5.03 Å². The topological polar surface area (TPSA) is 76.9 Å². The molecule has 2 aromatic heterocycles. The first-order chi connectivity index (χ1) is 8.50. The second kappa shape index (κ2) is 5.05. The molecule has 1 N–H and O–H groups in total. The summed E-state index contributed by atoms with van der Waals surface area (Å²) in [6.45, 7) is 0.164. The lowest BCUT2D eigenvalue weighted by molar-refractivity contribution is 0.578. The fourth-order valence-electron chi connectivity index (χ4n) is 1.32. The van der Waals surface area contributed by atoms with Crippen molar-refractivity contribution in [1.82, 2.24) is 19.3 Å². The van der Waals surface area contributed by atoms with Crippen LogP contribution in [0.4, 0.5) is 0 Å². The second-order valence-electron chi connectivity index (χ2n) is 3.63. The molecule has 0 aliphatic heterocycles. The first kappa shape index (κ1) is 13.0. The third kappa shape index (κ3) is 2.69. The monoisotopic (exact) mass is 286 g/mol. The van der Waals surface area contributed by atoms with E-state index in [4.69, 9.17) is 11.6 Å². The number of halogens is 1. The summed E-state index contributed by atoms with van der Waals surface area (Å²) in [5, 5.41) is -0.0852. The molecule has 8 heteroatoms. The highest BCUT2D eigenvalue weighted by molar-refractivity contribution is 7.89. The van der Waals surface area contributed by atoms with Gasteiger partial charge >= 0.3 is 0 Å². The molecular formula is C10H11ClN4O2S. The average Bonchev–Trinajstić information content (AvgIpc) is 2.70. The average molecular weight is 287 g/mol. The SMILES string of the molecule is Cn1cnc(S(=O)(=O)NCc2ccncc2)c1Cl. The van der Waals surface area contributed by atoms with Crippen LogP contribution in [0.25, 0.3) is 0 Å². The molecule has 0 radical (unpaired) electrons. The van der Waals surface area contributed by atoms with Crippen LogP contribution in [0.15, 0.2) is 35.9 Å². The van der Waals surface area contributed by atoms with Gasteiger partial charge in [0.05, 0.1) is 6.33 Å². The van der Waals surface area contributed by atoms with Gasteiger partial charge in [-0.3, -0.25) is 4.98 Å². The number of imidazole rings is 1. The molecule has 0 saturated carbocycles. The van der Waals surface area contributed by atoms with E-state index in [0.717, 1.165) is 5.56 Å². The van der Waals surface area contributed by atoms with Gasteiger partial charge in [-0.25, -0.2) is 18.1 Å². The van der Waals surface area contributed by atoms with E-state index in [1.807, 2.05) is 0 Å². The summed E-state index contributed by atoms with van der Waals surface area (Å²) in [6.07, 6.45) is 4.54. The summed E-state index contributed by atoms with van der Waals surface area (Å²) in [4.78, 5) is 7.62. The third-order valence-corrected chi connectivity index (χ3v) is 4.19. The molecule has 0 aliphatic rings. The summed E-state index contributed by atoms with van der Waals surface area (Å²) in [5.41, 5.74) is 0.806. The predicted octanol–water partition coefficient (Wildman–Crippen LogP) is 0.947. The molecule has 18 heavy (non-hydrogen) atoms. The van der Waals surface area contributed by atoms with Crippen molar-refractivity contribution in [3.8, 4) is 0 Å². The molecule has 0 spiro atoms. The van der Waals surface area contributed by atoms with Crippen LogP contribution in [0.2, 0.25) is 5.15 Å². The zero-order chi connectivity index (χ0) is 13.2. The molecule has 96 valence electrons. The Morgan fingerprint density at radius 1 is 1.39 bits per heavy atom. The molecule has 0 atom stereocenters. The minimum absolute atomic E-state index is 0.0808. The van der Waals surface area contributed by atoms with Crippen molar-refractivity contribution < 1.29 is 8.42 Å². The molecule has 2 rings (SSSR count). The zero-order valence-electron chi connectivity index (χ0n) is 9.54. The number of aryl methyl sites for hydroxylation is 1. The van der Waals surface area contributed by atoms with Crippen LogP contribution in [-0.4, -0.2) is 23.0 Å². The lowest BCUT2D eigenvalue weighted by Crippen LogP contribution is -2.24. The van der Waals surface area contributed by atoms with E-state index in [9.17, 15) is 8.42 Å². The number of hydrogen-bond acceptors (Lipinski definition) is 4. The number of nitrogens with zero attached hydrogens (tertiary/aromatic N) is 3. The van der Waals surface area contributed by atoms with Gasteiger partial charge in [0.15, 0.2) is 0 Å². The minimum atomic E-state index is -3.70. The van der Waals surface area contributed by atoms with Crippen molar-refractivity contribution in [3.63, 3.8) is 0 Å². The Morgan fingerprint density at radius 2 is 2.06 bits per heavy atom. The van der Waals surface area contributed by atoms with Crippen LogP contribution in [-0.2, 0) is 23.6 Å². The maximum Gasteiger partial charge on any atom is 0.261 e. The van der Waals surface area contributed by atoms with Gasteiger partial charge in [0.25, 0.3) is 10.0 Å². The number of rotatable bonds is 4. The summed E-state index contributed by atoms with van der Waals surface area (Å²) in [7, 11) is -2.08. The fraction of sp³-hybridized carbons (Fsp3) is 0.200. The van der Waals surface area contributed by atoms with Crippen LogP contribution in [0.1, 0.15) is 5.56 Å². The highest BCUT2D eigenvalue weighted by atomic mass is 35.5. The highest BCUT2D eigenvalue weighted by Gasteiger charge is 2.21. The lowest BCUT2D eigenvalue weighted by atomic mass is 10.3. The van der Waals surface area contributed by atoms with Crippen molar-refractivity contribution in [2.75, 3.05) is 0 Å². The van der Waals surface area contributed by atoms with E-state index < -0.39 is 10.0 Å². The first-order valence-corrected chi connectivity index (χ1v) is 6.92. The number of pyridine rings is 1. The molecule has 6 nitrogen and oxygen atoms in total. The summed E-state index contributed by atoms with van der Waals surface area (Å²) < 4.78 is 27.8. The molecule has 0 aromatic carbocycles. The Kier molecular flexibility index (Phi) is 3.65. The summed E-state index contributed by atoms with van der Waals surface area (Å²) >= 11 is 5.85. The summed E-state index contributed by atoms with van der Waals surface area (Å²) in [6, 6.07) is 3.45. The van der Waals surface area contributed by atoms with E-state index >= 15 is 0 Å². The number of sulfonamides is 1. The van der Waals surface area contributed by atoms with Crippen LogP contribution < -0.4 is 4.72 Å². The Labute approximate surface area is 110 Å². The van der Waals surface area contributed by atoms with Gasteiger partial charge in [0.1, 0.15) is 5.15 Å². The van der Waals surface area contributed by atoms with E-state index in [-0.39, 0.29) is 16.7 Å². The van der Waals surface area contributed by atoms with Crippen molar-refractivity contribution >= 4 is 21.6 Å². The molecule has 0 unspecified atom stereocenters. The van der Waals surface area contributed by atoms with Crippen LogP contribution in [0.5, 0.6) is 0 Å². The second-order valence-corrected chi connectivity index (χ2v) is 5.67. The Morgan fingerprint density at radius 3 is 2.61 bits per heavy atom. The van der Waals surface area contributed by atoms with E-state index in [0.29, 0.717) is 0 Å². The highest BCUT2D eigenvalue weighted by Crippen LogP contribution is 2.18. The number of nitrogens with one attached hydrogen (secondary N) is 1. The van der Waals surface area contributed by atoms with Crippen molar-refractivity contribution in [1.29, 1.82) is 0 Å². The molecule has 0 bridgehead atoms. The molecule has 0 aliphatic carbocycles. The predicted molar refractivity (Wildman–Crippen MR) is 66.5 cm³/mol. The number of aromatic nitrogens is 3. The number of hydrogen-bond donors (Lipinski definition) is 1. The molecule has 0 amide bonds. The lowest BCUT2D eigenvalue weighted by Gasteiger charge is -2.04. The zero-order valence-corrected chi connectivity index (χ0v) is 11.1. The normalized spacial score (nSPS) is 11.7. The van der Waals surface area contributed by atoms with Crippen LogP contribution >= 0.6 is 11.6 Å². The third-order valence-electron chi connectivity index (χ3n) is 2.30. The van der Waals surface area contributed by atoms with Gasteiger partial charge in [-0.15, -0.1) is 0 Å². The van der Waals surface area contributed by atoms with E-state index in [1.54, 1.807) is 31.6 Å². The van der Waals surface area contributed by atoms with Crippen LogP contribution in [0, 0.1) is 0 Å². The van der Waals surface area contributed by atoms with Gasteiger partial charge in [-0.2, -0.15) is 0 Å². The standard InChI is InChI=1S/C10H11ClN4O2S/c1-15-7-13-10(9(15)11)18(16,17)14-6-8-2-4-12-5-3-8/h2-5,7,14H,6H2,1H3. The maximum absolute atomic E-state index is 12.0. The molecule has 2 aromatic rings. The van der Waals surface area contributed by atoms with E-state index in [2.05, 4.69) is 14.7 Å². The van der Waals surface area contributed by atoms with Crippen molar-refractivity contribution in [3.05, 3.63) is 41.6 Å². The maximum atomic E-state index is 12.0. The van der Waals surface area contributed by atoms with Gasteiger partial charge in [-0.1, -0.05) is 11.6 Å².